The van der Waals surface area contributed by atoms with Gasteiger partial charge in [-0.15, -0.1) is 0 Å². The van der Waals surface area contributed by atoms with E-state index in [0.29, 0.717) is 13.0 Å². The number of rotatable bonds is 7. The summed E-state index contributed by atoms with van der Waals surface area (Å²) in [5.74, 6) is -1.65. The molecule has 0 aromatic rings. The highest BCUT2D eigenvalue weighted by Crippen LogP contribution is 2.19. The zero-order chi connectivity index (χ0) is 15.3. The van der Waals surface area contributed by atoms with E-state index in [2.05, 4.69) is 0 Å². The molecule has 0 bridgehead atoms. The Kier molecular flexibility index (Phi) is 5.94. The lowest BCUT2D eigenvalue weighted by molar-refractivity contribution is -0.146. The predicted molar refractivity (Wildman–Crippen MR) is 72.1 cm³/mol. The first kappa shape index (κ1) is 16.9. The molecule has 1 N–H and O–H groups in total. The lowest BCUT2D eigenvalue weighted by Crippen LogP contribution is -2.44. The minimum absolute atomic E-state index is 0.00862. The van der Waals surface area contributed by atoms with E-state index in [0.717, 1.165) is 0 Å². The highest BCUT2D eigenvalue weighted by molar-refractivity contribution is 7.91. The number of carbonyl (C=O) groups excluding carboxylic acids is 1. The Morgan fingerprint density at radius 3 is 2.55 bits per heavy atom. The molecule has 7 nitrogen and oxygen atoms in total. The summed E-state index contributed by atoms with van der Waals surface area (Å²) in [6.45, 7) is 1.76. The maximum Gasteiger partial charge on any atom is 0.323 e. The van der Waals surface area contributed by atoms with Crippen LogP contribution >= 0.6 is 0 Å². The first-order valence-corrected chi connectivity index (χ1v) is 8.28. The molecule has 0 aliphatic carbocycles. The number of hydrogen-bond acceptors (Lipinski definition) is 5. The van der Waals surface area contributed by atoms with Gasteiger partial charge >= 0.3 is 5.97 Å². The number of methoxy groups -OCH3 is 1. The van der Waals surface area contributed by atoms with Crippen LogP contribution in [0.15, 0.2) is 0 Å². The Balaban J connectivity index is 2.74. The van der Waals surface area contributed by atoms with Crippen molar-refractivity contribution < 1.29 is 27.9 Å². The molecule has 2 unspecified atom stereocenters. The largest absolute Gasteiger partial charge is 0.480 e. The van der Waals surface area contributed by atoms with E-state index in [-0.39, 0.29) is 29.8 Å². The molecule has 1 fully saturated rings. The van der Waals surface area contributed by atoms with Crippen LogP contribution in [0.3, 0.4) is 0 Å². The lowest BCUT2D eigenvalue weighted by Gasteiger charge is -2.27. The van der Waals surface area contributed by atoms with Crippen molar-refractivity contribution >= 4 is 21.7 Å². The molecule has 116 valence electrons. The molecule has 2 atom stereocenters. The van der Waals surface area contributed by atoms with Gasteiger partial charge in [0.15, 0.2) is 9.84 Å². The molecule has 1 aliphatic heterocycles. The van der Waals surface area contributed by atoms with E-state index in [1.807, 2.05) is 6.92 Å². The van der Waals surface area contributed by atoms with Crippen molar-refractivity contribution in [2.24, 2.45) is 5.92 Å². The van der Waals surface area contributed by atoms with Crippen LogP contribution in [0.25, 0.3) is 0 Å². The fourth-order valence-corrected chi connectivity index (χ4v) is 4.08. The number of carboxylic acid groups (broad SMARTS) is 1. The molecule has 8 heteroatoms. The van der Waals surface area contributed by atoms with Gasteiger partial charge in [0, 0.05) is 26.2 Å². The number of hydrogen-bond donors (Lipinski definition) is 1. The van der Waals surface area contributed by atoms with Crippen LogP contribution < -0.4 is 0 Å². The summed E-state index contributed by atoms with van der Waals surface area (Å²) in [6, 6.07) is -0.529. The van der Waals surface area contributed by atoms with Crippen LogP contribution in [0.4, 0.5) is 0 Å². The van der Waals surface area contributed by atoms with E-state index < -0.39 is 28.4 Å². The second kappa shape index (κ2) is 7.03. The maximum atomic E-state index is 12.2. The molecule has 0 saturated carbocycles. The van der Waals surface area contributed by atoms with Crippen molar-refractivity contribution in [3.8, 4) is 0 Å². The van der Waals surface area contributed by atoms with E-state index in [1.54, 1.807) is 0 Å². The van der Waals surface area contributed by atoms with Crippen molar-refractivity contribution in [2.75, 3.05) is 31.8 Å². The number of aliphatic carboxylic acids is 1. The van der Waals surface area contributed by atoms with Gasteiger partial charge in [-0.05, 0) is 12.3 Å². The number of nitrogens with zero attached hydrogens (tertiary/aromatic N) is 1. The number of carboxylic acids is 1. The smallest absolute Gasteiger partial charge is 0.323 e. The second-order valence-electron chi connectivity index (χ2n) is 5.24. The van der Waals surface area contributed by atoms with Crippen LogP contribution in [0, 0.1) is 5.92 Å². The van der Waals surface area contributed by atoms with E-state index in [4.69, 9.17) is 9.84 Å². The summed E-state index contributed by atoms with van der Waals surface area (Å²) in [6.07, 6.45) is 0.456. The fourth-order valence-electron chi connectivity index (χ4n) is 2.35. The van der Waals surface area contributed by atoms with Crippen LogP contribution in [0.2, 0.25) is 0 Å². The van der Waals surface area contributed by atoms with Gasteiger partial charge in [-0.25, -0.2) is 8.42 Å². The molecule has 1 amide bonds. The third-order valence-electron chi connectivity index (χ3n) is 3.25. The number of ether oxygens (including phenoxy) is 1. The third kappa shape index (κ3) is 5.09. The second-order valence-corrected chi connectivity index (χ2v) is 7.47. The third-order valence-corrected chi connectivity index (χ3v) is 5.00. The minimum atomic E-state index is -3.16. The summed E-state index contributed by atoms with van der Waals surface area (Å²) in [5, 5.41) is 8.89. The van der Waals surface area contributed by atoms with Gasteiger partial charge in [-0.3, -0.25) is 9.59 Å². The Labute approximate surface area is 118 Å². The quantitative estimate of drug-likeness (QED) is 0.696. The topological polar surface area (TPSA) is 101 Å². The van der Waals surface area contributed by atoms with Crippen molar-refractivity contribution in [3.05, 3.63) is 0 Å². The summed E-state index contributed by atoms with van der Waals surface area (Å²) in [4.78, 5) is 24.2. The van der Waals surface area contributed by atoms with Crippen molar-refractivity contribution in [1.82, 2.24) is 4.90 Å². The SMILES string of the molecule is COCC(C)CC(=O)N(CC(=O)O)C1CCS(=O)(=O)C1. The van der Waals surface area contributed by atoms with E-state index in [1.165, 1.54) is 12.0 Å². The Morgan fingerprint density at radius 2 is 2.10 bits per heavy atom. The Bertz CT molecular complexity index is 461. The molecule has 1 heterocycles. The number of amides is 1. The van der Waals surface area contributed by atoms with Crippen LogP contribution in [-0.4, -0.2) is 68.1 Å². The standard InChI is InChI=1S/C12H21NO6S/c1-9(7-19-2)5-11(14)13(6-12(15)16)10-3-4-20(17,18)8-10/h9-10H,3-8H2,1-2H3,(H,15,16). The van der Waals surface area contributed by atoms with Crippen LogP contribution in [-0.2, 0) is 24.2 Å². The molecular weight excluding hydrogens is 286 g/mol. The monoisotopic (exact) mass is 307 g/mol. The zero-order valence-electron chi connectivity index (χ0n) is 11.7. The van der Waals surface area contributed by atoms with Gasteiger partial charge in [0.25, 0.3) is 0 Å². The predicted octanol–water partition coefficient (Wildman–Crippen LogP) is -0.241. The summed E-state index contributed by atoms with van der Waals surface area (Å²) < 4.78 is 27.9. The number of carbonyl (C=O) groups is 2. The van der Waals surface area contributed by atoms with Gasteiger partial charge in [0.05, 0.1) is 11.5 Å². The highest BCUT2D eigenvalue weighted by atomic mass is 32.2. The fraction of sp³-hybridized carbons (Fsp3) is 0.833. The average Bonchev–Trinajstić information content (AvgIpc) is 2.66. The number of sulfone groups is 1. The lowest BCUT2D eigenvalue weighted by atomic mass is 10.1. The zero-order valence-corrected chi connectivity index (χ0v) is 12.6. The first-order chi connectivity index (χ1) is 9.25. The van der Waals surface area contributed by atoms with Gasteiger partial charge in [0.1, 0.15) is 6.54 Å². The molecule has 0 aromatic heterocycles. The van der Waals surface area contributed by atoms with Crippen molar-refractivity contribution in [1.29, 1.82) is 0 Å². The van der Waals surface area contributed by atoms with Gasteiger partial charge in [-0.1, -0.05) is 6.92 Å². The minimum Gasteiger partial charge on any atom is -0.480 e. The van der Waals surface area contributed by atoms with Crippen LogP contribution in [0.1, 0.15) is 19.8 Å². The molecule has 20 heavy (non-hydrogen) atoms. The molecule has 1 aliphatic rings. The molecule has 0 spiro atoms. The summed E-state index contributed by atoms with van der Waals surface area (Å²) in [5.41, 5.74) is 0. The molecule has 0 radical (unpaired) electrons. The Morgan fingerprint density at radius 1 is 1.45 bits per heavy atom. The van der Waals surface area contributed by atoms with Gasteiger partial charge in [0.2, 0.25) is 5.91 Å². The molecule has 0 aromatic carbocycles. The Hall–Kier alpha value is -1.15. The average molecular weight is 307 g/mol. The normalized spacial score (nSPS) is 22.4. The molecule has 1 rings (SSSR count). The van der Waals surface area contributed by atoms with Gasteiger partial charge in [-0.2, -0.15) is 0 Å². The maximum absolute atomic E-state index is 12.2. The van der Waals surface area contributed by atoms with Crippen LogP contribution in [0.5, 0.6) is 0 Å². The molecular formula is C12H21NO6S. The van der Waals surface area contributed by atoms with Crippen molar-refractivity contribution in [3.63, 3.8) is 0 Å². The first-order valence-electron chi connectivity index (χ1n) is 6.45. The highest BCUT2D eigenvalue weighted by Gasteiger charge is 2.35. The van der Waals surface area contributed by atoms with Crippen molar-refractivity contribution in [2.45, 2.75) is 25.8 Å². The van der Waals surface area contributed by atoms with Gasteiger partial charge < -0.3 is 14.7 Å². The summed E-state index contributed by atoms with van der Waals surface area (Å²) in [7, 11) is -1.63. The summed E-state index contributed by atoms with van der Waals surface area (Å²) >= 11 is 0. The van der Waals surface area contributed by atoms with E-state index in [9.17, 15) is 18.0 Å². The van der Waals surface area contributed by atoms with E-state index >= 15 is 0 Å². The molecule has 1 saturated heterocycles.